The first-order chi connectivity index (χ1) is 15.9. The third-order valence-corrected chi connectivity index (χ3v) is 7.78. The summed E-state index contributed by atoms with van der Waals surface area (Å²) < 4.78 is 32.8. The van der Waals surface area contributed by atoms with Crippen molar-refractivity contribution >= 4 is 21.6 Å². The Morgan fingerprint density at radius 2 is 1.52 bits per heavy atom. The molecule has 3 aromatic rings. The molecule has 0 spiro atoms. The van der Waals surface area contributed by atoms with Crippen LogP contribution in [0, 0.1) is 6.92 Å². The Bertz CT molecular complexity index is 1150. The molecule has 0 unspecified atom stereocenters. The number of hydrogen-bond acceptors (Lipinski definition) is 4. The number of nitrogens with one attached hydrogen (secondary N) is 1. The third-order valence-electron chi connectivity index (χ3n) is 5.88. The molecule has 0 atom stereocenters. The quantitative estimate of drug-likeness (QED) is 0.569. The summed E-state index contributed by atoms with van der Waals surface area (Å²) in [6.07, 6.45) is 0.244. The lowest BCUT2D eigenvalue weighted by atomic mass is 9.88. The second kappa shape index (κ2) is 10.3. The van der Waals surface area contributed by atoms with Crippen molar-refractivity contribution in [2.45, 2.75) is 24.2 Å². The first kappa shape index (κ1) is 23.2. The molecule has 1 N–H and O–H groups in total. The number of amides is 1. The first-order valence-corrected chi connectivity index (χ1v) is 12.5. The standard InChI is InChI=1S/C26H28N2O4S/c1-20-12-13-23(33(30,31)28-14-16-32-17-15-28)18-25(20)27-26(29)19-24(21-8-4-2-5-9-21)22-10-6-3-7-11-22/h2-13,18,24H,14-17,19H2,1H3,(H,27,29). The van der Waals surface area contributed by atoms with Gasteiger partial charge in [0.05, 0.1) is 18.1 Å². The van der Waals surface area contributed by atoms with E-state index in [0.717, 1.165) is 16.7 Å². The van der Waals surface area contributed by atoms with E-state index in [0.29, 0.717) is 32.0 Å². The molecule has 3 aromatic carbocycles. The van der Waals surface area contributed by atoms with Crippen molar-refractivity contribution in [2.24, 2.45) is 0 Å². The molecule has 0 aliphatic carbocycles. The van der Waals surface area contributed by atoms with Crippen molar-refractivity contribution in [3.05, 3.63) is 95.6 Å². The maximum Gasteiger partial charge on any atom is 0.243 e. The van der Waals surface area contributed by atoms with Gasteiger partial charge >= 0.3 is 0 Å². The number of hydrogen-bond donors (Lipinski definition) is 1. The van der Waals surface area contributed by atoms with Crippen molar-refractivity contribution < 1.29 is 17.9 Å². The van der Waals surface area contributed by atoms with Gasteiger partial charge < -0.3 is 10.1 Å². The van der Waals surface area contributed by atoms with Gasteiger partial charge in [-0.05, 0) is 35.7 Å². The Balaban J connectivity index is 1.55. The van der Waals surface area contributed by atoms with Crippen LogP contribution in [0.15, 0.2) is 83.8 Å². The number of morpholine rings is 1. The monoisotopic (exact) mass is 464 g/mol. The van der Waals surface area contributed by atoms with Gasteiger partial charge in [-0.15, -0.1) is 0 Å². The third kappa shape index (κ3) is 5.50. The number of anilines is 1. The van der Waals surface area contributed by atoms with Gasteiger partial charge in [0.2, 0.25) is 15.9 Å². The van der Waals surface area contributed by atoms with Gasteiger partial charge in [0, 0.05) is 31.1 Å². The summed E-state index contributed by atoms with van der Waals surface area (Å²) >= 11 is 0. The van der Waals surface area contributed by atoms with Crippen LogP contribution < -0.4 is 5.32 Å². The summed E-state index contributed by atoms with van der Waals surface area (Å²) in [6, 6.07) is 24.7. The first-order valence-electron chi connectivity index (χ1n) is 11.0. The van der Waals surface area contributed by atoms with Crippen LogP contribution in [0.25, 0.3) is 0 Å². The van der Waals surface area contributed by atoms with E-state index < -0.39 is 10.0 Å². The van der Waals surface area contributed by atoms with E-state index in [-0.39, 0.29) is 23.1 Å². The number of ether oxygens (including phenoxy) is 1. The minimum atomic E-state index is -3.64. The molecule has 172 valence electrons. The minimum Gasteiger partial charge on any atom is -0.379 e. The Kier molecular flexibility index (Phi) is 7.23. The summed E-state index contributed by atoms with van der Waals surface area (Å²) in [5.74, 6) is -0.273. The molecule has 0 radical (unpaired) electrons. The molecular formula is C26H28N2O4S. The van der Waals surface area contributed by atoms with E-state index in [9.17, 15) is 13.2 Å². The van der Waals surface area contributed by atoms with Crippen LogP contribution in [0.3, 0.4) is 0 Å². The maximum absolute atomic E-state index is 13.1. The molecule has 4 rings (SSSR count). The highest BCUT2D eigenvalue weighted by Gasteiger charge is 2.27. The van der Waals surface area contributed by atoms with E-state index in [2.05, 4.69) is 5.32 Å². The highest BCUT2D eigenvalue weighted by Crippen LogP contribution is 2.29. The SMILES string of the molecule is Cc1ccc(S(=O)(=O)N2CCOCC2)cc1NC(=O)CC(c1ccccc1)c1ccccc1. The average molecular weight is 465 g/mol. The number of rotatable bonds is 7. The fourth-order valence-corrected chi connectivity index (χ4v) is 5.45. The highest BCUT2D eigenvalue weighted by molar-refractivity contribution is 7.89. The predicted molar refractivity (Wildman–Crippen MR) is 129 cm³/mol. The van der Waals surface area contributed by atoms with Gasteiger partial charge in [-0.25, -0.2) is 8.42 Å². The Morgan fingerprint density at radius 3 is 2.09 bits per heavy atom. The summed E-state index contributed by atoms with van der Waals surface area (Å²) in [4.78, 5) is 13.3. The van der Waals surface area contributed by atoms with Gasteiger partial charge in [-0.3, -0.25) is 4.79 Å². The topological polar surface area (TPSA) is 75.7 Å². The molecule has 1 amide bonds. The molecule has 1 aliphatic heterocycles. The van der Waals surface area contributed by atoms with Crippen molar-refractivity contribution in [3.8, 4) is 0 Å². The predicted octanol–water partition coefficient (Wildman–Crippen LogP) is 4.18. The van der Waals surface area contributed by atoms with Crippen molar-refractivity contribution in [2.75, 3.05) is 31.6 Å². The molecular weight excluding hydrogens is 436 g/mol. The molecule has 0 aromatic heterocycles. The van der Waals surface area contributed by atoms with E-state index >= 15 is 0 Å². The summed E-state index contributed by atoms with van der Waals surface area (Å²) in [6.45, 7) is 3.28. The molecule has 0 saturated carbocycles. The van der Waals surface area contributed by atoms with E-state index in [1.165, 1.54) is 4.31 Å². The van der Waals surface area contributed by atoms with Crippen molar-refractivity contribution in [1.82, 2.24) is 4.31 Å². The second-order valence-electron chi connectivity index (χ2n) is 8.12. The zero-order chi connectivity index (χ0) is 23.3. The van der Waals surface area contributed by atoms with Crippen LogP contribution in [0.1, 0.15) is 29.0 Å². The molecule has 1 heterocycles. The van der Waals surface area contributed by atoms with Crippen LogP contribution in [0.4, 0.5) is 5.69 Å². The van der Waals surface area contributed by atoms with E-state index in [1.54, 1.807) is 18.2 Å². The Morgan fingerprint density at radius 1 is 0.939 bits per heavy atom. The molecule has 33 heavy (non-hydrogen) atoms. The lowest BCUT2D eigenvalue weighted by Crippen LogP contribution is -2.40. The number of sulfonamides is 1. The van der Waals surface area contributed by atoms with Gasteiger partial charge in [0.25, 0.3) is 0 Å². The fraction of sp³-hybridized carbons (Fsp3) is 0.269. The summed E-state index contributed by atoms with van der Waals surface area (Å²) in [5.41, 5.74) is 3.42. The molecule has 1 aliphatic rings. The van der Waals surface area contributed by atoms with Crippen LogP contribution in [-0.2, 0) is 19.6 Å². The van der Waals surface area contributed by atoms with Gasteiger partial charge in [0.15, 0.2) is 0 Å². The molecule has 7 heteroatoms. The molecule has 1 fully saturated rings. The second-order valence-corrected chi connectivity index (χ2v) is 10.1. The van der Waals surface area contributed by atoms with Crippen LogP contribution in [-0.4, -0.2) is 44.9 Å². The summed E-state index contributed by atoms with van der Waals surface area (Å²) in [5, 5.41) is 2.95. The zero-order valence-corrected chi connectivity index (χ0v) is 19.4. The van der Waals surface area contributed by atoms with E-state index in [1.807, 2.05) is 67.6 Å². The lowest BCUT2D eigenvalue weighted by molar-refractivity contribution is -0.116. The largest absolute Gasteiger partial charge is 0.379 e. The number of aryl methyl sites for hydroxylation is 1. The number of carbonyl (C=O) groups excluding carboxylic acids is 1. The minimum absolute atomic E-state index is 0.104. The van der Waals surface area contributed by atoms with Crippen molar-refractivity contribution in [1.29, 1.82) is 0 Å². The van der Waals surface area contributed by atoms with Gasteiger partial charge in [0.1, 0.15) is 0 Å². The lowest BCUT2D eigenvalue weighted by Gasteiger charge is -2.26. The average Bonchev–Trinajstić information content (AvgIpc) is 2.85. The number of benzene rings is 3. The highest BCUT2D eigenvalue weighted by atomic mass is 32.2. The smallest absolute Gasteiger partial charge is 0.243 e. The van der Waals surface area contributed by atoms with Crippen LogP contribution in [0.5, 0.6) is 0 Å². The number of nitrogens with zero attached hydrogens (tertiary/aromatic N) is 1. The fourth-order valence-electron chi connectivity index (χ4n) is 4.02. The number of carbonyl (C=O) groups is 1. The van der Waals surface area contributed by atoms with Crippen LogP contribution >= 0.6 is 0 Å². The van der Waals surface area contributed by atoms with Gasteiger partial charge in [-0.2, -0.15) is 4.31 Å². The van der Waals surface area contributed by atoms with Crippen molar-refractivity contribution in [3.63, 3.8) is 0 Å². The zero-order valence-electron chi connectivity index (χ0n) is 18.6. The Hall–Kier alpha value is -3.00. The normalized spacial score (nSPS) is 14.8. The van der Waals surface area contributed by atoms with Gasteiger partial charge in [-0.1, -0.05) is 66.7 Å². The summed E-state index contributed by atoms with van der Waals surface area (Å²) in [7, 11) is -3.64. The van der Waals surface area contributed by atoms with E-state index in [4.69, 9.17) is 4.74 Å². The van der Waals surface area contributed by atoms with Crippen LogP contribution in [0.2, 0.25) is 0 Å². The Labute approximate surface area is 195 Å². The molecule has 6 nitrogen and oxygen atoms in total. The molecule has 1 saturated heterocycles. The molecule has 0 bridgehead atoms. The maximum atomic E-state index is 13.1.